The van der Waals surface area contributed by atoms with Crippen LogP contribution in [-0.2, 0) is 11.3 Å². The fraction of sp³-hybridized carbons (Fsp3) is 0.375. The zero-order chi connectivity index (χ0) is 10.2. The lowest BCUT2D eigenvalue weighted by Gasteiger charge is -2.04. The van der Waals surface area contributed by atoms with Crippen LogP contribution >= 0.6 is 0 Å². The molecule has 0 bridgehead atoms. The van der Waals surface area contributed by atoms with Crippen molar-refractivity contribution in [3.63, 3.8) is 0 Å². The van der Waals surface area contributed by atoms with E-state index in [1.165, 1.54) is 0 Å². The van der Waals surface area contributed by atoms with E-state index in [1.54, 1.807) is 18.3 Å². The van der Waals surface area contributed by atoms with E-state index in [4.69, 9.17) is 5.11 Å². The Kier molecular flexibility index (Phi) is 4.36. The highest BCUT2D eigenvalue weighted by Crippen LogP contribution is 1.89. The molecule has 1 rings (SSSR count). The van der Waals surface area contributed by atoms with Crippen LogP contribution < -0.4 is 5.32 Å². The predicted octanol–water partition coefficient (Wildman–Crippen LogP) is -0.305. The number of aliphatic hydroxyl groups excluding tert-OH is 1. The van der Waals surface area contributed by atoms with Gasteiger partial charge in [-0.3, -0.25) is 0 Å². The average molecular weight is 197 g/mol. The number of nitrogens with one attached hydrogen (secondary N) is 1. The van der Waals surface area contributed by atoms with Crippen molar-refractivity contribution in [2.24, 2.45) is 0 Å². The molecule has 6 nitrogen and oxygen atoms in total. The lowest BCUT2D eigenvalue weighted by molar-refractivity contribution is 0.118. The van der Waals surface area contributed by atoms with Crippen LogP contribution in [0.25, 0.3) is 0 Å². The number of carbonyl (C=O) groups is 1. The van der Waals surface area contributed by atoms with Gasteiger partial charge in [0, 0.05) is 6.20 Å². The van der Waals surface area contributed by atoms with Crippen LogP contribution in [0.4, 0.5) is 4.79 Å². The number of alkyl carbamates (subject to hydrolysis) is 1. The molecule has 0 saturated carbocycles. The Morgan fingerprint density at radius 1 is 1.64 bits per heavy atom. The van der Waals surface area contributed by atoms with Gasteiger partial charge in [-0.1, -0.05) is 0 Å². The third-order valence-corrected chi connectivity index (χ3v) is 1.37. The number of carbonyl (C=O) groups excluding carboxylic acids is 1. The summed E-state index contributed by atoms with van der Waals surface area (Å²) >= 11 is 0. The molecular weight excluding hydrogens is 186 g/mol. The Morgan fingerprint density at radius 2 is 2.50 bits per heavy atom. The molecule has 0 fully saturated rings. The number of hydrogen-bond acceptors (Lipinski definition) is 5. The molecule has 0 radical (unpaired) electrons. The fourth-order valence-corrected chi connectivity index (χ4v) is 0.780. The van der Waals surface area contributed by atoms with E-state index in [-0.39, 0.29) is 19.8 Å². The number of nitrogens with zero attached hydrogens (tertiary/aromatic N) is 2. The van der Waals surface area contributed by atoms with Crippen molar-refractivity contribution in [2.45, 2.75) is 6.54 Å². The van der Waals surface area contributed by atoms with Crippen LogP contribution in [0.5, 0.6) is 0 Å². The molecule has 0 saturated heterocycles. The third kappa shape index (κ3) is 3.81. The van der Waals surface area contributed by atoms with Gasteiger partial charge < -0.3 is 15.2 Å². The Morgan fingerprint density at radius 3 is 3.14 bits per heavy atom. The van der Waals surface area contributed by atoms with Gasteiger partial charge in [-0.15, -0.1) is 0 Å². The van der Waals surface area contributed by atoms with Crippen LogP contribution in [0.3, 0.4) is 0 Å². The molecule has 0 unspecified atom stereocenters. The molecular formula is C8H11N3O3. The van der Waals surface area contributed by atoms with E-state index in [9.17, 15) is 4.79 Å². The highest BCUT2D eigenvalue weighted by atomic mass is 16.6. The summed E-state index contributed by atoms with van der Waals surface area (Å²) < 4.78 is 4.56. The number of aliphatic hydroxyl groups is 1. The lowest BCUT2D eigenvalue weighted by Crippen LogP contribution is -2.25. The summed E-state index contributed by atoms with van der Waals surface area (Å²) in [6.07, 6.45) is 0.970. The normalized spacial score (nSPS) is 9.50. The number of ether oxygens (including phenoxy) is 1. The van der Waals surface area contributed by atoms with Crippen LogP contribution in [-0.4, -0.2) is 34.6 Å². The first-order chi connectivity index (χ1) is 6.83. The highest BCUT2D eigenvalue weighted by Gasteiger charge is 2.01. The summed E-state index contributed by atoms with van der Waals surface area (Å²) in [5.74, 6) is 0. The monoisotopic (exact) mass is 197 g/mol. The van der Waals surface area contributed by atoms with Crippen LogP contribution in [0, 0.1) is 0 Å². The zero-order valence-corrected chi connectivity index (χ0v) is 7.51. The van der Waals surface area contributed by atoms with E-state index < -0.39 is 6.09 Å². The summed E-state index contributed by atoms with van der Waals surface area (Å²) in [7, 11) is 0. The molecule has 14 heavy (non-hydrogen) atoms. The second kappa shape index (κ2) is 5.87. The third-order valence-electron chi connectivity index (χ3n) is 1.37. The summed E-state index contributed by atoms with van der Waals surface area (Å²) in [4.78, 5) is 10.9. The molecule has 1 aromatic rings. The summed E-state index contributed by atoms with van der Waals surface area (Å²) in [5, 5.41) is 18.2. The molecule has 2 N–H and O–H groups in total. The molecule has 6 heteroatoms. The maximum atomic E-state index is 10.9. The first kappa shape index (κ1) is 10.4. The van der Waals surface area contributed by atoms with Crippen molar-refractivity contribution in [1.29, 1.82) is 0 Å². The van der Waals surface area contributed by atoms with Crippen molar-refractivity contribution < 1.29 is 14.6 Å². The van der Waals surface area contributed by atoms with Crippen LogP contribution in [0.2, 0.25) is 0 Å². The standard InChI is InChI=1S/C8H11N3O3/c12-4-5-14-8(13)9-6-7-2-1-3-10-11-7/h1-3,12H,4-6H2,(H,9,13). The van der Waals surface area contributed by atoms with Crippen molar-refractivity contribution >= 4 is 6.09 Å². The molecule has 0 atom stereocenters. The van der Waals surface area contributed by atoms with Crippen molar-refractivity contribution in [3.05, 3.63) is 24.0 Å². The molecule has 0 aromatic carbocycles. The minimum absolute atomic E-state index is 0.00764. The van der Waals surface area contributed by atoms with E-state index >= 15 is 0 Å². The minimum atomic E-state index is -0.579. The molecule has 0 spiro atoms. The van der Waals surface area contributed by atoms with E-state index in [2.05, 4.69) is 20.3 Å². The number of amides is 1. The van der Waals surface area contributed by atoms with Gasteiger partial charge in [0.1, 0.15) is 6.61 Å². The molecule has 76 valence electrons. The lowest BCUT2D eigenvalue weighted by atomic mass is 10.4. The van der Waals surface area contributed by atoms with E-state index in [1.807, 2.05) is 0 Å². The summed E-state index contributed by atoms with van der Waals surface area (Å²) in [6.45, 7) is 0.0724. The fourth-order valence-electron chi connectivity index (χ4n) is 0.780. The number of rotatable bonds is 4. The topological polar surface area (TPSA) is 84.3 Å². The van der Waals surface area contributed by atoms with E-state index in [0.29, 0.717) is 5.69 Å². The smallest absolute Gasteiger partial charge is 0.407 e. The maximum absolute atomic E-state index is 10.9. The SMILES string of the molecule is O=C(NCc1cccnn1)OCCO. The largest absolute Gasteiger partial charge is 0.447 e. The molecule has 0 aliphatic rings. The van der Waals surface area contributed by atoms with Gasteiger partial charge in [0.05, 0.1) is 18.8 Å². The zero-order valence-electron chi connectivity index (χ0n) is 7.51. The van der Waals surface area contributed by atoms with Gasteiger partial charge in [0.25, 0.3) is 0 Å². The quantitative estimate of drug-likeness (QED) is 0.692. The van der Waals surface area contributed by atoms with Crippen molar-refractivity contribution in [1.82, 2.24) is 15.5 Å². The molecule has 1 aromatic heterocycles. The number of aromatic nitrogens is 2. The summed E-state index contributed by atoms with van der Waals surface area (Å²) in [5.41, 5.74) is 0.647. The Hall–Kier alpha value is -1.69. The summed E-state index contributed by atoms with van der Waals surface area (Å²) in [6, 6.07) is 3.46. The molecule has 1 amide bonds. The Bertz CT molecular complexity index is 278. The minimum Gasteiger partial charge on any atom is -0.447 e. The predicted molar refractivity (Wildman–Crippen MR) is 47.3 cm³/mol. The van der Waals surface area contributed by atoms with Crippen LogP contribution in [0.1, 0.15) is 5.69 Å². The first-order valence-electron chi connectivity index (χ1n) is 4.11. The molecule has 0 aliphatic carbocycles. The second-order valence-electron chi connectivity index (χ2n) is 2.43. The molecule has 1 heterocycles. The van der Waals surface area contributed by atoms with Gasteiger partial charge >= 0.3 is 6.09 Å². The van der Waals surface area contributed by atoms with E-state index in [0.717, 1.165) is 0 Å². The Labute approximate surface area is 80.9 Å². The average Bonchev–Trinajstić information content (AvgIpc) is 2.25. The van der Waals surface area contributed by atoms with Crippen LogP contribution in [0.15, 0.2) is 18.3 Å². The maximum Gasteiger partial charge on any atom is 0.407 e. The van der Waals surface area contributed by atoms with Crippen molar-refractivity contribution in [2.75, 3.05) is 13.2 Å². The Balaban J connectivity index is 2.24. The van der Waals surface area contributed by atoms with Gasteiger partial charge in [0.15, 0.2) is 0 Å². The van der Waals surface area contributed by atoms with Gasteiger partial charge in [-0.25, -0.2) is 4.79 Å². The van der Waals surface area contributed by atoms with Gasteiger partial charge in [-0.05, 0) is 12.1 Å². The van der Waals surface area contributed by atoms with Gasteiger partial charge in [0.2, 0.25) is 0 Å². The van der Waals surface area contributed by atoms with Crippen molar-refractivity contribution in [3.8, 4) is 0 Å². The highest BCUT2D eigenvalue weighted by molar-refractivity contribution is 5.66. The molecule has 0 aliphatic heterocycles. The number of hydrogen-bond donors (Lipinski definition) is 2. The first-order valence-corrected chi connectivity index (χ1v) is 4.11. The van der Waals surface area contributed by atoms with Gasteiger partial charge in [-0.2, -0.15) is 10.2 Å². The second-order valence-corrected chi connectivity index (χ2v) is 2.43.